The Balaban J connectivity index is 0.000000426. The van der Waals surface area contributed by atoms with E-state index in [-0.39, 0.29) is 0 Å². The van der Waals surface area contributed by atoms with Gasteiger partial charge in [0.25, 0.3) is 0 Å². The van der Waals surface area contributed by atoms with Crippen molar-refractivity contribution in [3.63, 3.8) is 0 Å². The second-order valence-electron chi connectivity index (χ2n) is 10.4. The predicted octanol–water partition coefficient (Wildman–Crippen LogP) is 8.15. The number of benzene rings is 1. The largest absolute Gasteiger partial charge is 0.330 e. The van der Waals surface area contributed by atoms with Crippen molar-refractivity contribution >= 4 is 12.2 Å². The van der Waals surface area contributed by atoms with E-state index in [2.05, 4.69) is 80.7 Å². The third-order valence-electron chi connectivity index (χ3n) is 5.92. The molecule has 30 heavy (non-hydrogen) atoms. The van der Waals surface area contributed by atoms with Crippen LogP contribution < -0.4 is 5.73 Å². The molecule has 1 fully saturated rings. The number of hydrogen-bond acceptors (Lipinski definition) is 1. The Hall–Kier alpha value is -1.60. The van der Waals surface area contributed by atoms with Crippen molar-refractivity contribution in [3.8, 4) is 0 Å². The van der Waals surface area contributed by atoms with Crippen LogP contribution in [0.25, 0.3) is 12.2 Å². The molecule has 168 valence electrons. The molecule has 2 N–H and O–H groups in total. The van der Waals surface area contributed by atoms with E-state index in [0.29, 0.717) is 11.3 Å². The molecule has 1 unspecified atom stereocenters. The smallest absolute Gasteiger partial charge is 0.00285 e. The SMILES string of the molecule is C=Cc1cc2c(c(C)c1/C=C(\C)C1CC1)CC(C(=C)C)C2.CC(C)(C)CN.CCC. The fourth-order valence-electron chi connectivity index (χ4n) is 3.62. The van der Waals surface area contributed by atoms with Crippen molar-refractivity contribution < 1.29 is 0 Å². The first-order valence-electron chi connectivity index (χ1n) is 11.8. The Morgan fingerprint density at radius 2 is 1.67 bits per heavy atom. The molecule has 1 saturated carbocycles. The molecule has 0 saturated heterocycles. The lowest BCUT2D eigenvalue weighted by Crippen LogP contribution is -2.18. The van der Waals surface area contributed by atoms with E-state index >= 15 is 0 Å². The van der Waals surface area contributed by atoms with Gasteiger partial charge in [0.05, 0.1) is 0 Å². The maximum atomic E-state index is 5.31. The number of fused-ring (bicyclic) bond motifs is 1. The molecule has 0 bridgehead atoms. The summed E-state index contributed by atoms with van der Waals surface area (Å²) in [5.74, 6) is 1.46. The fraction of sp³-hybridized carbons (Fsp3) is 0.586. The van der Waals surface area contributed by atoms with E-state index in [4.69, 9.17) is 5.73 Å². The van der Waals surface area contributed by atoms with Crippen LogP contribution in [0.2, 0.25) is 0 Å². The van der Waals surface area contributed by atoms with Crippen LogP contribution in [-0.4, -0.2) is 6.54 Å². The first-order chi connectivity index (χ1) is 14.0. The molecule has 1 atom stereocenters. The summed E-state index contributed by atoms with van der Waals surface area (Å²) in [4.78, 5) is 0. The van der Waals surface area contributed by atoms with Crippen molar-refractivity contribution in [1.29, 1.82) is 0 Å². The topological polar surface area (TPSA) is 26.0 Å². The van der Waals surface area contributed by atoms with Crippen molar-refractivity contribution in [2.24, 2.45) is 23.0 Å². The second kappa shape index (κ2) is 11.7. The highest BCUT2D eigenvalue weighted by Crippen LogP contribution is 2.40. The molecule has 1 aromatic carbocycles. The van der Waals surface area contributed by atoms with Crippen molar-refractivity contribution in [1.82, 2.24) is 0 Å². The van der Waals surface area contributed by atoms with E-state index in [0.717, 1.165) is 25.3 Å². The molecule has 1 aromatic rings. The molecule has 1 heteroatoms. The van der Waals surface area contributed by atoms with Gasteiger partial charge < -0.3 is 5.73 Å². The summed E-state index contributed by atoms with van der Waals surface area (Å²) in [6.45, 7) is 26.3. The molecule has 0 aromatic heterocycles. The van der Waals surface area contributed by atoms with E-state index in [1.54, 1.807) is 5.56 Å². The van der Waals surface area contributed by atoms with Gasteiger partial charge in [-0.05, 0) is 98.1 Å². The highest BCUT2D eigenvalue weighted by molar-refractivity contribution is 5.71. The van der Waals surface area contributed by atoms with Crippen LogP contribution in [0.15, 0.2) is 30.4 Å². The normalized spacial score (nSPS) is 17.9. The molecule has 1 nitrogen and oxygen atoms in total. The van der Waals surface area contributed by atoms with Gasteiger partial charge in [0.15, 0.2) is 0 Å². The van der Waals surface area contributed by atoms with Crippen molar-refractivity contribution in [2.75, 3.05) is 6.54 Å². The third kappa shape index (κ3) is 7.91. The van der Waals surface area contributed by atoms with Crippen LogP contribution >= 0.6 is 0 Å². The molecule has 0 heterocycles. The van der Waals surface area contributed by atoms with Gasteiger partial charge in [0, 0.05) is 0 Å². The van der Waals surface area contributed by atoms with Gasteiger partial charge in [-0.2, -0.15) is 0 Å². The average molecular weight is 410 g/mol. The Morgan fingerprint density at radius 1 is 1.13 bits per heavy atom. The number of rotatable bonds is 4. The zero-order valence-electron chi connectivity index (χ0n) is 21.1. The predicted molar refractivity (Wildman–Crippen MR) is 138 cm³/mol. The van der Waals surface area contributed by atoms with Crippen LogP contribution in [0, 0.1) is 24.2 Å². The first kappa shape index (κ1) is 26.4. The van der Waals surface area contributed by atoms with Crippen LogP contribution in [0.1, 0.15) is 95.5 Å². The standard InChI is InChI=1S/C21H26.C5H13N.C3H8/c1-6-16-10-19-11-18(13(2)3)12-21(19)15(5)20(16)9-14(4)17-7-8-17;1-5(2,3)4-6;1-3-2/h6,9-10,17-18H,1-2,7-8,11-12H2,3-5H3;4,6H2,1-3H3;3H2,1-2H3/b14-9+;;. The summed E-state index contributed by atoms with van der Waals surface area (Å²) < 4.78 is 0. The molecule has 2 aliphatic carbocycles. The average Bonchev–Trinajstić information content (AvgIpc) is 3.43. The van der Waals surface area contributed by atoms with Gasteiger partial charge in [-0.15, -0.1) is 0 Å². The summed E-state index contributed by atoms with van der Waals surface area (Å²) in [5.41, 5.74) is 15.7. The molecule has 0 amide bonds. The van der Waals surface area contributed by atoms with Gasteiger partial charge in [-0.3, -0.25) is 0 Å². The fourth-order valence-corrected chi connectivity index (χ4v) is 3.62. The maximum absolute atomic E-state index is 5.31. The third-order valence-corrected chi connectivity index (χ3v) is 5.92. The van der Waals surface area contributed by atoms with E-state index in [1.807, 2.05) is 6.08 Å². The number of hydrogen-bond donors (Lipinski definition) is 1. The summed E-state index contributed by atoms with van der Waals surface area (Å²) >= 11 is 0. The highest BCUT2D eigenvalue weighted by Gasteiger charge is 2.27. The highest BCUT2D eigenvalue weighted by atomic mass is 14.6. The molecule has 3 rings (SSSR count). The molecule has 0 radical (unpaired) electrons. The molecular weight excluding hydrogens is 362 g/mol. The first-order valence-corrected chi connectivity index (χ1v) is 11.8. The summed E-state index contributed by atoms with van der Waals surface area (Å²) in [6.07, 6.45) is 10.7. The van der Waals surface area contributed by atoms with Gasteiger partial charge in [-0.1, -0.05) is 83.6 Å². The minimum atomic E-state index is 0.319. The monoisotopic (exact) mass is 409 g/mol. The molecule has 0 aliphatic heterocycles. The lowest BCUT2D eigenvalue weighted by Gasteiger charge is -2.13. The molecule has 2 aliphatic rings. The van der Waals surface area contributed by atoms with E-state index in [9.17, 15) is 0 Å². The van der Waals surface area contributed by atoms with Gasteiger partial charge >= 0.3 is 0 Å². The number of allylic oxidation sites excluding steroid dienone is 2. The number of nitrogens with two attached hydrogens (primary N) is 1. The van der Waals surface area contributed by atoms with E-state index in [1.165, 1.54) is 52.7 Å². The minimum Gasteiger partial charge on any atom is -0.330 e. The van der Waals surface area contributed by atoms with Crippen molar-refractivity contribution in [2.45, 2.75) is 87.5 Å². The Bertz CT molecular complexity index is 754. The lowest BCUT2D eigenvalue weighted by atomic mass is 9.92. The van der Waals surface area contributed by atoms with E-state index < -0.39 is 0 Å². The Labute approximate surface area is 187 Å². The summed E-state index contributed by atoms with van der Waals surface area (Å²) in [7, 11) is 0. The Morgan fingerprint density at radius 3 is 2.07 bits per heavy atom. The minimum absolute atomic E-state index is 0.319. The van der Waals surface area contributed by atoms with Crippen LogP contribution in [0.4, 0.5) is 0 Å². The van der Waals surface area contributed by atoms with Gasteiger partial charge in [0.2, 0.25) is 0 Å². The zero-order valence-corrected chi connectivity index (χ0v) is 21.1. The Kier molecular flexibility index (Phi) is 10.3. The van der Waals surface area contributed by atoms with Crippen LogP contribution in [0.5, 0.6) is 0 Å². The summed E-state index contributed by atoms with van der Waals surface area (Å²) in [6, 6.07) is 2.37. The lowest BCUT2D eigenvalue weighted by molar-refractivity contribution is 0.428. The van der Waals surface area contributed by atoms with Crippen LogP contribution in [-0.2, 0) is 12.8 Å². The van der Waals surface area contributed by atoms with Crippen LogP contribution in [0.3, 0.4) is 0 Å². The van der Waals surface area contributed by atoms with Gasteiger partial charge in [0.1, 0.15) is 0 Å². The zero-order chi connectivity index (χ0) is 23.1. The second-order valence-corrected chi connectivity index (χ2v) is 10.4. The molecule has 0 spiro atoms. The molecular formula is C29H47N. The maximum Gasteiger partial charge on any atom is -0.00285 e. The van der Waals surface area contributed by atoms with Crippen molar-refractivity contribution in [3.05, 3.63) is 58.2 Å². The summed E-state index contributed by atoms with van der Waals surface area (Å²) in [5, 5.41) is 0. The quantitative estimate of drug-likeness (QED) is 0.499. The van der Waals surface area contributed by atoms with Gasteiger partial charge in [-0.25, -0.2) is 0 Å².